The molecule has 0 N–H and O–H groups in total. The Labute approximate surface area is 205 Å². The van der Waals surface area contributed by atoms with Crippen LogP contribution in [0, 0.1) is 5.92 Å². The van der Waals surface area contributed by atoms with Crippen LogP contribution < -0.4 is 10.6 Å². The summed E-state index contributed by atoms with van der Waals surface area (Å²) in [4.78, 5) is 0. The van der Waals surface area contributed by atoms with E-state index in [2.05, 4.69) is 67.6 Å². The maximum absolute atomic E-state index is 2.75. The Morgan fingerprint density at radius 2 is 1.06 bits per heavy atom. The van der Waals surface area contributed by atoms with Gasteiger partial charge in [0.1, 0.15) is 0 Å². The lowest BCUT2D eigenvalue weighted by molar-refractivity contribution is 0.467. The third kappa shape index (κ3) is 5.60. The first kappa shape index (κ1) is 24.0. The van der Waals surface area contributed by atoms with Crippen LogP contribution in [-0.4, -0.2) is 22.6 Å². The molecule has 0 heterocycles. The smallest absolute Gasteiger partial charge is 0.00945 e. The Bertz CT molecular complexity index is 765. The average Bonchev–Trinajstić information content (AvgIpc) is 3.36. The van der Waals surface area contributed by atoms with Gasteiger partial charge in [-0.3, -0.25) is 0 Å². The van der Waals surface area contributed by atoms with Crippen molar-refractivity contribution in [3.05, 3.63) is 60.7 Å². The summed E-state index contributed by atoms with van der Waals surface area (Å²) in [6, 6.07) is 23.2. The highest BCUT2D eigenvalue weighted by Gasteiger charge is 2.44. The summed E-state index contributed by atoms with van der Waals surface area (Å²) >= 11 is 0. The third-order valence-corrected chi connectivity index (χ3v) is 16.1. The summed E-state index contributed by atoms with van der Waals surface area (Å²) in [5, 5.41) is 3.23. The number of hydrogen-bond donors (Lipinski definition) is 0. The van der Waals surface area contributed by atoms with Crippen molar-refractivity contribution in [3.63, 3.8) is 0 Å². The van der Waals surface area contributed by atoms with Crippen molar-refractivity contribution >= 4 is 26.5 Å². The zero-order valence-corrected chi connectivity index (χ0v) is 22.5. The maximum Gasteiger partial charge on any atom is -0.00945 e. The van der Waals surface area contributed by atoms with E-state index < -0.39 is 0 Å². The van der Waals surface area contributed by atoms with Gasteiger partial charge in [-0.05, 0) is 85.6 Å². The zero-order chi connectivity index (χ0) is 22.5. The minimum atomic E-state index is -0.273. The predicted octanol–water partition coefficient (Wildman–Crippen LogP) is 8.82. The molecular weight excluding hydrogens is 434 g/mol. The van der Waals surface area contributed by atoms with E-state index in [1.165, 1.54) is 57.8 Å². The van der Waals surface area contributed by atoms with Crippen LogP contribution in [-0.2, 0) is 0 Å². The molecule has 0 nitrogen and oxygen atoms in total. The molecule has 0 saturated heterocycles. The highest BCUT2D eigenvalue weighted by Crippen LogP contribution is 2.64. The number of rotatable bonds is 7. The van der Waals surface area contributed by atoms with E-state index in [0.29, 0.717) is 0 Å². The van der Waals surface area contributed by atoms with Crippen molar-refractivity contribution in [2.45, 2.75) is 113 Å². The number of benzene rings is 2. The highest BCUT2D eigenvalue weighted by molar-refractivity contribution is 7.73. The molecule has 3 aliphatic carbocycles. The van der Waals surface area contributed by atoms with Crippen molar-refractivity contribution in [3.8, 4) is 0 Å². The van der Waals surface area contributed by atoms with Gasteiger partial charge in [0, 0.05) is 0 Å². The van der Waals surface area contributed by atoms with Crippen LogP contribution in [0.15, 0.2) is 60.7 Å². The summed E-state index contributed by atoms with van der Waals surface area (Å²) in [5.74, 6) is 0.937. The standard InChI is InChI=1S/C31H44P2/c1-25(32(26-15-6-2-7-16-26)27-17-8-3-9-18-27)30-23-14-24-31(30)33(28-19-10-4-11-20-28)29-21-12-5-13-22-29/h4-5,10-13,19-22,25-27,30-31H,2-3,6-9,14-18,23-24H2,1H3/t25-,30+,31+/m0/s1. The first-order valence-corrected chi connectivity index (χ1v) is 17.0. The second-order valence-corrected chi connectivity index (χ2v) is 16.6. The molecule has 178 valence electrons. The van der Waals surface area contributed by atoms with Gasteiger partial charge in [-0.2, -0.15) is 0 Å². The Kier molecular flexibility index (Phi) is 8.60. The molecule has 3 aliphatic rings. The molecule has 3 saturated carbocycles. The van der Waals surface area contributed by atoms with Gasteiger partial charge < -0.3 is 0 Å². The van der Waals surface area contributed by atoms with Gasteiger partial charge in [0.2, 0.25) is 0 Å². The average molecular weight is 479 g/mol. The fraction of sp³-hybridized carbons (Fsp3) is 0.613. The molecule has 2 aromatic rings. The van der Waals surface area contributed by atoms with E-state index in [4.69, 9.17) is 0 Å². The Balaban J connectivity index is 1.45. The molecular formula is C31H44P2. The maximum atomic E-state index is 2.75. The fourth-order valence-corrected chi connectivity index (χ4v) is 15.6. The van der Waals surface area contributed by atoms with Gasteiger partial charge in [0.05, 0.1) is 0 Å². The minimum Gasteiger partial charge on any atom is -0.0971 e. The van der Waals surface area contributed by atoms with Gasteiger partial charge in [0.25, 0.3) is 0 Å². The molecule has 2 aromatic carbocycles. The molecule has 5 rings (SSSR count). The summed E-state index contributed by atoms with van der Waals surface area (Å²) < 4.78 is 0. The van der Waals surface area contributed by atoms with Crippen LogP contribution in [0.25, 0.3) is 0 Å². The fourth-order valence-electron chi connectivity index (χ4n) is 7.50. The lowest BCUT2D eigenvalue weighted by atomic mass is 9.99. The zero-order valence-electron chi connectivity index (χ0n) is 20.7. The van der Waals surface area contributed by atoms with Gasteiger partial charge >= 0.3 is 0 Å². The minimum absolute atomic E-state index is 0.152. The summed E-state index contributed by atoms with van der Waals surface area (Å²) in [6.07, 6.45) is 19.6. The second kappa shape index (κ2) is 11.8. The van der Waals surface area contributed by atoms with Crippen molar-refractivity contribution in [2.24, 2.45) is 5.92 Å². The first-order valence-electron chi connectivity index (χ1n) is 14.0. The van der Waals surface area contributed by atoms with Crippen LogP contribution in [0.3, 0.4) is 0 Å². The van der Waals surface area contributed by atoms with Crippen LogP contribution in [0.1, 0.15) is 90.4 Å². The molecule has 0 bridgehead atoms. The number of hydrogen-bond acceptors (Lipinski definition) is 0. The van der Waals surface area contributed by atoms with Gasteiger partial charge in [-0.25, -0.2) is 0 Å². The molecule has 33 heavy (non-hydrogen) atoms. The van der Waals surface area contributed by atoms with Crippen LogP contribution in [0.4, 0.5) is 0 Å². The largest absolute Gasteiger partial charge is 0.0971 e. The molecule has 3 fully saturated rings. The molecule has 0 aromatic heterocycles. The van der Waals surface area contributed by atoms with Gasteiger partial charge in [-0.1, -0.05) is 120 Å². The van der Waals surface area contributed by atoms with Gasteiger partial charge in [-0.15, -0.1) is 0 Å². The lowest BCUT2D eigenvalue weighted by Gasteiger charge is -2.46. The molecule has 3 atom stereocenters. The quantitative estimate of drug-likeness (QED) is 0.349. The van der Waals surface area contributed by atoms with Gasteiger partial charge in [0.15, 0.2) is 0 Å². The van der Waals surface area contributed by atoms with Crippen molar-refractivity contribution < 1.29 is 0 Å². The topological polar surface area (TPSA) is 0 Å². The Morgan fingerprint density at radius 1 is 0.576 bits per heavy atom. The molecule has 0 spiro atoms. The van der Waals surface area contributed by atoms with Crippen molar-refractivity contribution in [1.29, 1.82) is 0 Å². The second-order valence-electron chi connectivity index (χ2n) is 11.0. The van der Waals surface area contributed by atoms with Crippen LogP contribution in [0.5, 0.6) is 0 Å². The summed E-state index contributed by atoms with van der Waals surface area (Å²) in [5.41, 5.74) is 3.98. The Hall–Kier alpha value is -0.700. The lowest BCUT2D eigenvalue weighted by Crippen LogP contribution is -2.34. The molecule has 0 aliphatic heterocycles. The van der Waals surface area contributed by atoms with Crippen LogP contribution in [0.2, 0.25) is 0 Å². The molecule has 0 radical (unpaired) electrons. The normalized spacial score (nSPS) is 26.2. The van der Waals surface area contributed by atoms with E-state index in [9.17, 15) is 0 Å². The van der Waals surface area contributed by atoms with Crippen molar-refractivity contribution in [1.82, 2.24) is 0 Å². The van der Waals surface area contributed by atoms with Crippen LogP contribution >= 0.6 is 15.8 Å². The predicted molar refractivity (Wildman–Crippen MR) is 150 cm³/mol. The molecule has 0 unspecified atom stereocenters. The van der Waals surface area contributed by atoms with E-state index in [1.807, 2.05) is 0 Å². The highest BCUT2D eigenvalue weighted by atomic mass is 31.1. The van der Waals surface area contributed by atoms with Crippen molar-refractivity contribution in [2.75, 3.05) is 0 Å². The Morgan fingerprint density at radius 3 is 1.55 bits per heavy atom. The third-order valence-electron chi connectivity index (χ3n) is 9.01. The molecule has 2 heteroatoms. The SMILES string of the molecule is C[C@@H]([C@H]1CCC[C@H]1P(c1ccccc1)c1ccccc1)P(C1CCCCC1)C1CCCCC1. The van der Waals surface area contributed by atoms with E-state index in [1.54, 1.807) is 36.3 Å². The summed E-state index contributed by atoms with van der Waals surface area (Å²) in [6.45, 7) is 2.75. The monoisotopic (exact) mass is 478 g/mol. The molecule has 0 amide bonds. The van der Waals surface area contributed by atoms with E-state index in [0.717, 1.165) is 28.6 Å². The van der Waals surface area contributed by atoms with E-state index >= 15 is 0 Å². The van der Waals surface area contributed by atoms with E-state index in [-0.39, 0.29) is 15.8 Å². The summed E-state index contributed by atoms with van der Waals surface area (Å²) in [7, 11) is -0.121. The first-order chi connectivity index (χ1) is 16.3.